The molecule has 6 nitrogen and oxygen atoms in total. The molecule has 0 saturated carbocycles. The highest BCUT2D eigenvalue weighted by molar-refractivity contribution is 7.85. The average molecular weight is 460 g/mol. The summed E-state index contributed by atoms with van der Waals surface area (Å²) in [4.78, 5) is 15.7. The zero-order valence-electron chi connectivity index (χ0n) is 20.2. The lowest BCUT2D eigenvalue weighted by molar-refractivity contribution is -0.115. The molecule has 1 aliphatic carbocycles. The number of aromatic nitrogens is 2. The number of para-hydroxylation sites is 1. The third-order valence-electron chi connectivity index (χ3n) is 3.75. The minimum atomic E-state index is -1.61. The molecule has 2 unspecified atom stereocenters. The smallest absolute Gasteiger partial charge is 0.230 e. The number of primary amides is 1. The van der Waals surface area contributed by atoms with Crippen LogP contribution in [0.25, 0.3) is 11.3 Å². The summed E-state index contributed by atoms with van der Waals surface area (Å²) >= 11 is 0. The number of nitrogens with zero attached hydrogens (tertiary/aromatic N) is 2. The highest BCUT2D eigenvalue weighted by Gasteiger charge is 2.18. The first-order valence-corrected chi connectivity index (χ1v) is 12.1. The maximum absolute atomic E-state index is 12.5. The molecular formula is C25H37N3O3S. The van der Waals surface area contributed by atoms with E-state index in [0.717, 1.165) is 11.3 Å². The van der Waals surface area contributed by atoms with E-state index >= 15 is 0 Å². The van der Waals surface area contributed by atoms with Crippen molar-refractivity contribution in [1.82, 2.24) is 9.55 Å². The second-order valence-corrected chi connectivity index (χ2v) is 7.55. The van der Waals surface area contributed by atoms with E-state index in [1.54, 1.807) is 18.8 Å². The molecule has 7 heteroatoms. The van der Waals surface area contributed by atoms with E-state index in [4.69, 9.17) is 5.73 Å². The van der Waals surface area contributed by atoms with Crippen molar-refractivity contribution in [2.45, 2.75) is 39.8 Å². The normalized spacial score (nSPS) is 14.8. The van der Waals surface area contributed by atoms with Gasteiger partial charge in [-0.25, -0.2) is 4.98 Å². The monoisotopic (exact) mass is 459 g/mol. The lowest BCUT2D eigenvalue weighted by Gasteiger charge is -2.06. The number of amides is 1. The number of allylic oxidation sites excluding steroid dienone is 6. The van der Waals surface area contributed by atoms with Gasteiger partial charge in [0.1, 0.15) is 5.75 Å². The zero-order valence-corrected chi connectivity index (χ0v) is 21.1. The summed E-state index contributed by atoms with van der Waals surface area (Å²) < 4.78 is 18.5. The Kier molecular flexibility index (Phi) is 15.4. The number of rotatable bonds is 5. The summed E-state index contributed by atoms with van der Waals surface area (Å²) in [5.41, 5.74) is 7.66. The molecule has 0 saturated heterocycles. The Morgan fingerprint density at radius 3 is 2.28 bits per heavy atom. The maximum atomic E-state index is 12.5. The minimum absolute atomic E-state index is 0.255. The number of hydrogen-bond donors (Lipinski definition) is 1. The van der Waals surface area contributed by atoms with Crippen LogP contribution < -0.4 is 5.73 Å². The largest absolute Gasteiger partial charge is 0.388 e. The van der Waals surface area contributed by atoms with Gasteiger partial charge >= 0.3 is 0 Å². The van der Waals surface area contributed by atoms with E-state index in [0.29, 0.717) is 16.8 Å². The van der Waals surface area contributed by atoms with Crippen LogP contribution in [-0.2, 0) is 20.3 Å². The fraction of sp³-hybridized carbons (Fsp3) is 0.360. The second-order valence-electron chi connectivity index (χ2n) is 6.20. The predicted molar refractivity (Wildman–Crippen MR) is 135 cm³/mol. The van der Waals surface area contributed by atoms with Gasteiger partial charge in [0.05, 0.1) is 16.5 Å². The zero-order chi connectivity index (χ0) is 24.5. The molecule has 1 amide bonds. The molecule has 32 heavy (non-hydrogen) atoms. The van der Waals surface area contributed by atoms with Crippen molar-refractivity contribution in [3.8, 4) is 5.69 Å². The molecule has 0 aliphatic heterocycles. The molecule has 2 aromatic rings. The van der Waals surface area contributed by atoms with Gasteiger partial charge in [0, 0.05) is 31.7 Å². The van der Waals surface area contributed by atoms with E-state index in [1.807, 2.05) is 82.5 Å². The summed E-state index contributed by atoms with van der Waals surface area (Å²) in [5, 5.41) is 0.315. The first kappa shape index (κ1) is 29.2. The van der Waals surface area contributed by atoms with Crippen LogP contribution >= 0.6 is 0 Å². The van der Waals surface area contributed by atoms with Gasteiger partial charge in [-0.1, -0.05) is 83.2 Å². The number of methoxy groups -OCH3 is 1. The Hall–Kier alpha value is -2.77. The van der Waals surface area contributed by atoms with Gasteiger partial charge in [0.2, 0.25) is 11.1 Å². The third-order valence-corrected chi connectivity index (χ3v) is 4.99. The molecule has 0 spiro atoms. The summed E-state index contributed by atoms with van der Waals surface area (Å²) in [7, 11) is 1.64. The van der Waals surface area contributed by atoms with Crippen LogP contribution in [0.5, 0.6) is 0 Å². The SMILES string of the molecule is CC.CC.CC1C=CC=C(c2cn(-c3ccccc3)c(S(=O)CC(N)=O)n2)C=C1.COC. The number of benzene rings is 1. The van der Waals surface area contributed by atoms with E-state index in [1.165, 1.54) is 0 Å². The fourth-order valence-corrected chi connectivity index (χ4v) is 3.48. The van der Waals surface area contributed by atoms with Crippen molar-refractivity contribution in [3.05, 3.63) is 72.6 Å². The molecule has 1 aromatic carbocycles. The van der Waals surface area contributed by atoms with Crippen LogP contribution in [0.3, 0.4) is 0 Å². The molecule has 2 N–H and O–H groups in total. The number of carbonyl (C=O) groups excluding carboxylic acids is 1. The highest BCUT2D eigenvalue weighted by atomic mass is 32.2. The van der Waals surface area contributed by atoms with Gasteiger partial charge in [-0.2, -0.15) is 0 Å². The number of hydrogen-bond acceptors (Lipinski definition) is 4. The molecule has 1 aromatic heterocycles. The number of carbonyl (C=O) groups is 1. The van der Waals surface area contributed by atoms with Crippen LogP contribution in [0.2, 0.25) is 0 Å². The van der Waals surface area contributed by atoms with E-state index in [9.17, 15) is 9.00 Å². The van der Waals surface area contributed by atoms with Crippen molar-refractivity contribution < 1.29 is 13.7 Å². The lowest BCUT2D eigenvalue weighted by Crippen LogP contribution is -2.21. The number of imidazole rings is 1. The predicted octanol–water partition coefficient (Wildman–Crippen LogP) is 4.93. The standard InChI is InChI=1S/C19H19N3O2S.C2H6O.2C2H6/c1-14-6-5-7-15(11-10-14)17-12-22(16-8-3-2-4-9-16)19(21-17)25(24)13-18(20)23;1-3-2;2*1-2/h2-12,14H,13H2,1H3,(H2,20,23);1-2H3;2*1-2H3. The molecule has 1 heterocycles. The van der Waals surface area contributed by atoms with Crippen LogP contribution in [0.4, 0.5) is 0 Å². The summed E-state index contributed by atoms with van der Waals surface area (Å²) in [6.07, 6.45) is 12.0. The molecule has 2 atom stereocenters. The third kappa shape index (κ3) is 9.58. The Morgan fingerprint density at radius 1 is 1.12 bits per heavy atom. The van der Waals surface area contributed by atoms with Crippen LogP contribution in [0.15, 0.2) is 72.1 Å². The van der Waals surface area contributed by atoms with Gasteiger partial charge in [0.25, 0.3) is 0 Å². The summed E-state index contributed by atoms with van der Waals surface area (Å²) in [6, 6.07) is 9.49. The van der Waals surface area contributed by atoms with Gasteiger partial charge in [-0.05, 0) is 18.1 Å². The van der Waals surface area contributed by atoms with Crippen LogP contribution in [-0.4, -0.2) is 39.6 Å². The molecule has 0 fully saturated rings. The van der Waals surface area contributed by atoms with Gasteiger partial charge in [0.15, 0.2) is 0 Å². The topological polar surface area (TPSA) is 87.2 Å². The Labute approximate surface area is 195 Å². The Bertz CT molecular complexity index is 916. The first-order chi connectivity index (χ1) is 15.5. The minimum Gasteiger partial charge on any atom is -0.388 e. The highest BCUT2D eigenvalue weighted by Crippen LogP contribution is 2.23. The van der Waals surface area contributed by atoms with Crippen molar-refractivity contribution in [2.24, 2.45) is 11.7 Å². The van der Waals surface area contributed by atoms with Gasteiger partial charge in [-0.15, -0.1) is 0 Å². The number of ether oxygens (including phenoxy) is 1. The van der Waals surface area contributed by atoms with Crippen molar-refractivity contribution in [1.29, 1.82) is 0 Å². The fourth-order valence-electron chi connectivity index (χ4n) is 2.51. The molecule has 176 valence electrons. The van der Waals surface area contributed by atoms with Crippen LogP contribution in [0.1, 0.15) is 40.3 Å². The average Bonchev–Trinajstić information content (AvgIpc) is 3.14. The first-order valence-electron chi connectivity index (χ1n) is 10.7. The maximum Gasteiger partial charge on any atom is 0.230 e. The van der Waals surface area contributed by atoms with Gasteiger partial charge in [-0.3, -0.25) is 13.6 Å². The van der Waals surface area contributed by atoms with E-state index in [-0.39, 0.29) is 5.75 Å². The lowest BCUT2D eigenvalue weighted by atomic mass is 10.1. The molecule has 1 aliphatic rings. The molecule has 0 radical (unpaired) electrons. The molecule has 3 rings (SSSR count). The Morgan fingerprint density at radius 2 is 1.72 bits per heavy atom. The van der Waals surface area contributed by atoms with E-state index in [2.05, 4.69) is 28.8 Å². The summed E-state index contributed by atoms with van der Waals surface area (Å²) in [5.74, 6) is -0.531. The van der Waals surface area contributed by atoms with Crippen molar-refractivity contribution in [3.63, 3.8) is 0 Å². The number of nitrogens with two attached hydrogens (primary N) is 1. The van der Waals surface area contributed by atoms with Crippen LogP contribution in [0, 0.1) is 5.92 Å². The van der Waals surface area contributed by atoms with E-state index < -0.39 is 16.7 Å². The van der Waals surface area contributed by atoms with Crippen molar-refractivity contribution in [2.75, 3.05) is 20.0 Å². The molecule has 0 bridgehead atoms. The Balaban J connectivity index is 0.00000124. The van der Waals surface area contributed by atoms with Crippen molar-refractivity contribution >= 4 is 22.3 Å². The quantitative estimate of drug-likeness (QED) is 0.687. The summed E-state index contributed by atoms with van der Waals surface area (Å²) in [6.45, 7) is 10.1. The molecular weight excluding hydrogens is 422 g/mol. The van der Waals surface area contributed by atoms with Gasteiger partial charge < -0.3 is 10.5 Å². The second kappa shape index (κ2) is 16.9.